The lowest BCUT2D eigenvalue weighted by atomic mass is 9.93. The molecule has 5 heterocycles. The van der Waals surface area contributed by atoms with Crippen LogP contribution in [0.3, 0.4) is 0 Å². The lowest BCUT2D eigenvalue weighted by Gasteiger charge is -2.31. The fraction of sp³-hybridized carbons (Fsp3) is 0.621. The number of rotatable bonds is 7. The average Bonchev–Trinajstić information content (AvgIpc) is 3.50. The van der Waals surface area contributed by atoms with Gasteiger partial charge < -0.3 is 24.0 Å². The second kappa shape index (κ2) is 12.4. The second-order valence-corrected chi connectivity index (χ2v) is 12.5. The first-order valence-corrected chi connectivity index (χ1v) is 14.6. The molecule has 222 valence electrons. The standard InChI is InChI=1S/C29H39ClN6O5/c1-29(2,3)41-28(38)36-10-7-21-17-35(18-23(21)36)27-31-14-22(15-32-27)40-25-12-20(11-24(30)33-25)16-34-8-5-19(6-9-34)13-26(37)39-4/h11-12,14-15,19,21,23H,5-10,13,16-18H2,1-4H3. The Morgan fingerprint density at radius 1 is 1.05 bits per heavy atom. The number of amides is 1. The van der Waals surface area contributed by atoms with Crippen molar-refractivity contribution < 1.29 is 23.8 Å². The first-order valence-electron chi connectivity index (χ1n) is 14.3. The van der Waals surface area contributed by atoms with E-state index in [2.05, 4.69) is 24.8 Å². The highest BCUT2D eigenvalue weighted by Gasteiger charge is 2.45. The summed E-state index contributed by atoms with van der Waals surface area (Å²) in [6, 6.07) is 3.82. The van der Waals surface area contributed by atoms with Crippen LogP contribution in [-0.4, -0.2) is 88.3 Å². The molecule has 2 atom stereocenters. The molecule has 0 bridgehead atoms. The number of carbonyl (C=O) groups excluding carboxylic acids is 2. The van der Waals surface area contributed by atoms with Gasteiger partial charge in [-0.1, -0.05) is 11.6 Å². The maximum atomic E-state index is 12.7. The summed E-state index contributed by atoms with van der Waals surface area (Å²) in [6.07, 6.45) is 6.35. The summed E-state index contributed by atoms with van der Waals surface area (Å²) in [5.41, 5.74) is 0.483. The molecular formula is C29H39ClN6O5. The van der Waals surface area contributed by atoms with Crippen LogP contribution >= 0.6 is 11.6 Å². The lowest BCUT2D eigenvalue weighted by molar-refractivity contribution is -0.142. The van der Waals surface area contributed by atoms with Gasteiger partial charge in [0.2, 0.25) is 11.8 Å². The zero-order chi connectivity index (χ0) is 29.1. The van der Waals surface area contributed by atoms with Gasteiger partial charge in [0.25, 0.3) is 0 Å². The van der Waals surface area contributed by atoms with Crippen LogP contribution in [0.5, 0.6) is 11.6 Å². The highest BCUT2D eigenvalue weighted by Crippen LogP contribution is 2.34. The van der Waals surface area contributed by atoms with E-state index in [4.69, 9.17) is 25.8 Å². The highest BCUT2D eigenvalue weighted by molar-refractivity contribution is 6.29. The zero-order valence-corrected chi connectivity index (χ0v) is 25.0. The number of likely N-dealkylation sites (tertiary alicyclic amines) is 2. The number of carbonyl (C=O) groups is 2. The lowest BCUT2D eigenvalue weighted by Crippen LogP contribution is -2.42. The van der Waals surface area contributed by atoms with Crippen molar-refractivity contribution >= 4 is 29.6 Å². The van der Waals surface area contributed by atoms with Gasteiger partial charge >= 0.3 is 12.1 Å². The molecule has 11 nitrogen and oxygen atoms in total. The van der Waals surface area contributed by atoms with Crippen LogP contribution in [0.1, 0.15) is 52.0 Å². The highest BCUT2D eigenvalue weighted by atomic mass is 35.5. The molecule has 5 rings (SSSR count). The molecule has 0 N–H and O–H groups in total. The van der Waals surface area contributed by atoms with E-state index < -0.39 is 5.60 Å². The Bertz CT molecular complexity index is 1230. The maximum Gasteiger partial charge on any atom is 0.410 e. The van der Waals surface area contributed by atoms with Crippen LogP contribution in [0.2, 0.25) is 5.15 Å². The van der Waals surface area contributed by atoms with Crippen LogP contribution in [0.25, 0.3) is 0 Å². The normalized spacial score (nSPS) is 21.6. The van der Waals surface area contributed by atoms with Gasteiger partial charge in [0.15, 0.2) is 5.75 Å². The summed E-state index contributed by atoms with van der Waals surface area (Å²) in [4.78, 5) is 44.0. The summed E-state index contributed by atoms with van der Waals surface area (Å²) in [6.45, 7) is 10.4. The van der Waals surface area contributed by atoms with Gasteiger partial charge in [-0.2, -0.15) is 0 Å². The van der Waals surface area contributed by atoms with Crippen molar-refractivity contribution in [3.8, 4) is 11.6 Å². The third-order valence-corrected chi connectivity index (χ3v) is 8.12. The monoisotopic (exact) mass is 586 g/mol. The minimum atomic E-state index is -0.519. The van der Waals surface area contributed by atoms with E-state index in [1.165, 1.54) is 7.11 Å². The summed E-state index contributed by atoms with van der Waals surface area (Å²) < 4.78 is 16.4. The van der Waals surface area contributed by atoms with Crippen LogP contribution < -0.4 is 9.64 Å². The Hall–Kier alpha value is -3.18. The molecule has 0 aromatic carbocycles. The summed E-state index contributed by atoms with van der Waals surface area (Å²) in [5, 5.41) is 0.355. The number of pyridine rings is 1. The number of piperidine rings is 1. The molecule has 41 heavy (non-hydrogen) atoms. The van der Waals surface area contributed by atoms with Crippen LogP contribution in [-0.2, 0) is 20.8 Å². The summed E-state index contributed by atoms with van der Waals surface area (Å²) in [7, 11) is 1.44. The average molecular weight is 587 g/mol. The van der Waals surface area contributed by atoms with Gasteiger partial charge in [0.1, 0.15) is 10.8 Å². The van der Waals surface area contributed by atoms with Crippen LogP contribution in [0, 0.1) is 11.8 Å². The van der Waals surface area contributed by atoms with Crippen molar-refractivity contribution in [2.24, 2.45) is 11.8 Å². The largest absolute Gasteiger partial charge is 0.469 e. The van der Waals surface area contributed by atoms with E-state index in [1.54, 1.807) is 12.4 Å². The summed E-state index contributed by atoms with van der Waals surface area (Å²) >= 11 is 6.32. The number of anilines is 1. The Balaban J connectivity index is 1.15. The van der Waals surface area contributed by atoms with E-state index in [9.17, 15) is 9.59 Å². The van der Waals surface area contributed by atoms with Crippen LogP contribution in [0.4, 0.5) is 10.7 Å². The number of nitrogens with zero attached hydrogens (tertiary/aromatic N) is 6. The molecular weight excluding hydrogens is 548 g/mol. The molecule has 3 aliphatic heterocycles. The Kier molecular flexibility index (Phi) is 8.84. The van der Waals surface area contributed by atoms with E-state index in [0.717, 1.165) is 51.0 Å². The molecule has 2 unspecified atom stereocenters. The number of halogens is 1. The minimum Gasteiger partial charge on any atom is -0.469 e. The fourth-order valence-corrected chi connectivity index (χ4v) is 6.13. The van der Waals surface area contributed by atoms with E-state index >= 15 is 0 Å². The fourth-order valence-electron chi connectivity index (χ4n) is 5.91. The van der Waals surface area contributed by atoms with Crippen molar-refractivity contribution in [1.29, 1.82) is 0 Å². The minimum absolute atomic E-state index is 0.0945. The quantitative estimate of drug-likeness (QED) is 0.339. The van der Waals surface area contributed by atoms with Gasteiger partial charge in [-0.25, -0.2) is 19.7 Å². The van der Waals surface area contributed by atoms with Gasteiger partial charge in [-0.15, -0.1) is 0 Å². The number of hydrogen-bond acceptors (Lipinski definition) is 10. The molecule has 3 aliphatic rings. The van der Waals surface area contributed by atoms with Crippen molar-refractivity contribution in [2.75, 3.05) is 44.7 Å². The molecule has 0 aliphatic carbocycles. The van der Waals surface area contributed by atoms with Crippen molar-refractivity contribution in [3.05, 3.63) is 35.2 Å². The van der Waals surface area contributed by atoms with E-state index in [-0.39, 0.29) is 18.1 Å². The number of fused-ring (bicyclic) bond motifs is 1. The first-order chi connectivity index (χ1) is 19.6. The molecule has 2 aromatic rings. The molecule has 1 amide bonds. The number of esters is 1. The second-order valence-electron chi connectivity index (χ2n) is 12.2. The molecule has 0 spiro atoms. The van der Waals surface area contributed by atoms with Crippen LogP contribution in [0.15, 0.2) is 24.5 Å². The Labute approximate surface area is 246 Å². The molecule has 12 heteroatoms. The molecule has 3 fully saturated rings. The molecule has 3 saturated heterocycles. The first kappa shape index (κ1) is 29.3. The van der Waals surface area contributed by atoms with Gasteiger partial charge in [-0.05, 0) is 70.7 Å². The number of ether oxygens (including phenoxy) is 3. The predicted octanol–water partition coefficient (Wildman–Crippen LogP) is 4.54. The third-order valence-electron chi connectivity index (χ3n) is 7.92. The Morgan fingerprint density at radius 2 is 1.78 bits per heavy atom. The van der Waals surface area contributed by atoms with E-state index in [1.807, 2.05) is 37.8 Å². The predicted molar refractivity (Wildman–Crippen MR) is 153 cm³/mol. The van der Waals surface area contributed by atoms with Gasteiger partial charge in [-0.3, -0.25) is 9.69 Å². The van der Waals surface area contributed by atoms with Crippen molar-refractivity contribution in [3.63, 3.8) is 0 Å². The van der Waals surface area contributed by atoms with Crippen molar-refractivity contribution in [2.45, 2.75) is 64.6 Å². The zero-order valence-electron chi connectivity index (χ0n) is 24.2. The van der Waals surface area contributed by atoms with E-state index in [0.29, 0.717) is 54.1 Å². The maximum absolute atomic E-state index is 12.7. The smallest absolute Gasteiger partial charge is 0.410 e. The summed E-state index contributed by atoms with van der Waals surface area (Å²) in [5.74, 6) is 2.05. The topological polar surface area (TPSA) is 110 Å². The molecule has 0 radical (unpaired) electrons. The van der Waals surface area contributed by atoms with Crippen molar-refractivity contribution in [1.82, 2.24) is 24.8 Å². The molecule has 2 aromatic heterocycles. The number of methoxy groups -OCH3 is 1. The van der Waals surface area contributed by atoms with Gasteiger partial charge in [0, 0.05) is 44.6 Å². The Morgan fingerprint density at radius 3 is 2.46 bits per heavy atom. The number of aromatic nitrogens is 3. The SMILES string of the molecule is COC(=O)CC1CCN(Cc2cc(Cl)nc(Oc3cnc(N4CC5CCN(C(=O)OC(C)(C)C)C5C4)nc3)c2)CC1. The third kappa shape index (κ3) is 7.56. The van der Waals surface area contributed by atoms with Gasteiger partial charge in [0.05, 0.1) is 25.5 Å². The number of hydrogen-bond donors (Lipinski definition) is 0. The molecule has 0 saturated carbocycles.